The third kappa shape index (κ3) is 4.36. The molecule has 2 aromatic carbocycles. The molecule has 4 nitrogen and oxygen atoms in total. The summed E-state index contributed by atoms with van der Waals surface area (Å²) in [5.74, 6) is 0.847. The summed E-state index contributed by atoms with van der Waals surface area (Å²) in [5, 5.41) is 2.98. The van der Waals surface area contributed by atoms with Crippen molar-refractivity contribution in [2.45, 2.75) is 32.4 Å². The molecule has 1 fully saturated rings. The molecule has 1 saturated heterocycles. The van der Waals surface area contributed by atoms with E-state index in [1.165, 1.54) is 12.8 Å². The number of carbonyl (C=O) groups is 1. The molecule has 1 amide bonds. The molecule has 1 aliphatic heterocycles. The van der Waals surface area contributed by atoms with E-state index < -0.39 is 0 Å². The number of ether oxygens (including phenoxy) is 1. The topological polar surface area (TPSA) is 41.6 Å². The maximum Gasteiger partial charge on any atom is 0.241 e. The standard InChI is InChI=1S/C20H24N2O2/c1-16(22-13-5-6-14-22)20(23)21-18-9-11-19(12-10-18)24-15-17-7-3-2-4-8-17/h2-4,7-12,16H,5-6,13-15H2,1H3,(H,21,23)/t16-/m0/s1. The van der Waals surface area contributed by atoms with E-state index in [1.807, 2.05) is 61.5 Å². The molecule has 0 spiro atoms. The average molecular weight is 324 g/mol. The lowest BCUT2D eigenvalue weighted by molar-refractivity contribution is -0.120. The minimum Gasteiger partial charge on any atom is -0.489 e. The SMILES string of the molecule is C[C@@H](C(=O)Nc1ccc(OCc2ccccc2)cc1)N1CCCC1. The van der Waals surface area contributed by atoms with Crippen molar-refractivity contribution in [1.29, 1.82) is 0 Å². The van der Waals surface area contributed by atoms with Crippen molar-refractivity contribution in [3.8, 4) is 5.75 Å². The van der Waals surface area contributed by atoms with Crippen LogP contribution >= 0.6 is 0 Å². The number of anilines is 1. The van der Waals surface area contributed by atoms with Gasteiger partial charge in [-0.2, -0.15) is 0 Å². The largest absolute Gasteiger partial charge is 0.489 e. The third-order valence-electron chi connectivity index (χ3n) is 4.44. The van der Waals surface area contributed by atoms with Crippen LogP contribution in [-0.4, -0.2) is 29.9 Å². The Labute approximate surface area is 143 Å². The van der Waals surface area contributed by atoms with Crippen molar-refractivity contribution in [3.63, 3.8) is 0 Å². The normalized spacial score (nSPS) is 15.9. The van der Waals surface area contributed by atoms with E-state index in [0.29, 0.717) is 6.61 Å². The van der Waals surface area contributed by atoms with Crippen molar-refractivity contribution in [3.05, 3.63) is 60.2 Å². The Morgan fingerprint density at radius 3 is 2.42 bits per heavy atom. The van der Waals surface area contributed by atoms with E-state index >= 15 is 0 Å². The van der Waals surface area contributed by atoms with Crippen molar-refractivity contribution in [2.24, 2.45) is 0 Å². The molecule has 126 valence electrons. The highest BCUT2D eigenvalue weighted by Crippen LogP contribution is 2.18. The number of nitrogens with one attached hydrogen (secondary N) is 1. The smallest absolute Gasteiger partial charge is 0.241 e. The number of amides is 1. The van der Waals surface area contributed by atoms with Gasteiger partial charge in [-0.1, -0.05) is 30.3 Å². The van der Waals surface area contributed by atoms with E-state index in [4.69, 9.17) is 4.74 Å². The number of likely N-dealkylation sites (tertiary alicyclic amines) is 1. The molecule has 2 aromatic rings. The van der Waals surface area contributed by atoms with Crippen LogP contribution in [0.5, 0.6) is 5.75 Å². The lowest BCUT2D eigenvalue weighted by Crippen LogP contribution is -2.40. The molecule has 0 radical (unpaired) electrons. The zero-order valence-electron chi connectivity index (χ0n) is 14.1. The van der Waals surface area contributed by atoms with E-state index in [9.17, 15) is 4.79 Å². The highest BCUT2D eigenvalue weighted by atomic mass is 16.5. The lowest BCUT2D eigenvalue weighted by Gasteiger charge is -2.22. The number of hydrogen-bond acceptors (Lipinski definition) is 3. The van der Waals surface area contributed by atoms with Crippen molar-refractivity contribution < 1.29 is 9.53 Å². The van der Waals surface area contributed by atoms with E-state index in [-0.39, 0.29) is 11.9 Å². The molecular weight excluding hydrogens is 300 g/mol. The van der Waals surface area contributed by atoms with Gasteiger partial charge in [0.25, 0.3) is 0 Å². The Bertz CT molecular complexity index is 649. The molecule has 0 unspecified atom stereocenters. The highest BCUT2D eigenvalue weighted by molar-refractivity contribution is 5.94. The molecule has 1 N–H and O–H groups in total. The van der Waals surface area contributed by atoms with E-state index in [2.05, 4.69) is 10.2 Å². The van der Waals surface area contributed by atoms with Gasteiger partial charge in [0, 0.05) is 5.69 Å². The minimum absolute atomic E-state index is 0.0508. The van der Waals surface area contributed by atoms with Crippen molar-refractivity contribution >= 4 is 11.6 Å². The molecule has 0 aromatic heterocycles. The Kier molecular flexibility index (Phi) is 5.49. The van der Waals surface area contributed by atoms with Crippen molar-refractivity contribution in [1.82, 2.24) is 4.90 Å². The Hall–Kier alpha value is -2.33. The summed E-state index contributed by atoms with van der Waals surface area (Å²) in [6.45, 7) is 4.54. The Morgan fingerprint density at radius 2 is 1.75 bits per heavy atom. The first-order valence-corrected chi connectivity index (χ1v) is 8.54. The zero-order valence-corrected chi connectivity index (χ0v) is 14.1. The summed E-state index contributed by atoms with van der Waals surface area (Å²) in [6, 6.07) is 17.5. The second-order valence-electron chi connectivity index (χ2n) is 6.21. The van der Waals surface area contributed by atoms with Crippen LogP contribution in [0.4, 0.5) is 5.69 Å². The number of rotatable bonds is 6. The van der Waals surface area contributed by atoms with Crippen LogP contribution in [0, 0.1) is 0 Å². The Morgan fingerprint density at radius 1 is 1.08 bits per heavy atom. The quantitative estimate of drug-likeness (QED) is 0.881. The highest BCUT2D eigenvalue weighted by Gasteiger charge is 2.23. The second kappa shape index (κ2) is 7.97. The fourth-order valence-corrected chi connectivity index (χ4v) is 2.92. The fourth-order valence-electron chi connectivity index (χ4n) is 2.92. The summed E-state index contributed by atoms with van der Waals surface area (Å²) < 4.78 is 5.76. The molecule has 0 aliphatic carbocycles. The van der Waals surface area contributed by atoms with Gasteiger partial charge in [0.05, 0.1) is 6.04 Å². The Balaban J connectivity index is 1.51. The minimum atomic E-state index is -0.0819. The van der Waals surface area contributed by atoms with Gasteiger partial charge in [0.1, 0.15) is 12.4 Å². The molecule has 1 atom stereocenters. The molecule has 1 heterocycles. The predicted octanol–water partition coefficient (Wildman–Crippen LogP) is 3.69. The van der Waals surface area contributed by atoms with Crippen LogP contribution in [0.2, 0.25) is 0 Å². The van der Waals surface area contributed by atoms with Crippen LogP contribution in [0.25, 0.3) is 0 Å². The first-order valence-electron chi connectivity index (χ1n) is 8.54. The number of nitrogens with zero attached hydrogens (tertiary/aromatic N) is 1. The van der Waals surface area contributed by atoms with Gasteiger partial charge in [-0.25, -0.2) is 0 Å². The summed E-state index contributed by atoms with van der Waals surface area (Å²) >= 11 is 0. The average Bonchev–Trinajstić information content (AvgIpc) is 3.16. The van der Waals surface area contributed by atoms with Gasteiger partial charge in [-0.05, 0) is 62.7 Å². The van der Waals surface area contributed by atoms with Crippen molar-refractivity contribution in [2.75, 3.05) is 18.4 Å². The summed E-state index contributed by atoms with van der Waals surface area (Å²) in [6.07, 6.45) is 2.37. The van der Waals surface area contributed by atoms with Gasteiger partial charge in [-0.15, -0.1) is 0 Å². The molecule has 0 saturated carbocycles. The van der Waals surface area contributed by atoms with E-state index in [1.54, 1.807) is 0 Å². The molecule has 3 rings (SSSR count). The van der Waals surface area contributed by atoms with Crippen LogP contribution in [0.1, 0.15) is 25.3 Å². The maximum atomic E-state index is 12.3. The molecule has 1 aliphatic rings. The molecular formula is C20H24N2O2. The number of hydrogen-bond donors (Lipinski definition) is 1. The third-order valence-corrected chi connectivity index (χ3v) is 4.44. The zero-order chi connectivity index (χ0) is 16.8. The lowest BCUT2D eigenvalue weighted by atomic mass is 10.2. The second-order valence-corrected chi connectivity index (χ2v) is 6.21. The first-order chi connectivity index (χ1) is 11.7. The van der Waals surface area contributed by atoms with Crippen LogP contribution in [0.15, 0.2) is 54.6 Å². The van der Waals surface area contributed by atoms with Gasteiger partial charge in [0.15, 0.2) is 0 Å². The molecule has 0 bridgehead atoms. The van der Waals surface area contributed by atoms with Gasteiger partial charge < -0.3 is 10.1 Å². The van der Waals surface area contributed by atoms with E-state index in [0.717, 1.165) is 30.1 Å². The van der Waals surface area contributed by atoms with Gasteiger partial charge in [0.2, 0.25) is 5.91 Å². The van der Waals surface area contributed by atoms with Gasteiger partial charge >= 0.3 is 0 Å². The number of carbonyl (C=O) groups excluding carboxylic acids is 1. The summed E-state index contributed by atoms with van der Waals surface area (Å²) in [5.41, 5.74) is 1.94. The predicted molar refractivity (Wildman–Crippen MR) is 96.1 cm³/mol. The summed E-state index contributed by atoms with van der Waals surface area (Å²) in [4.78, 5) is 14.5. The maximum absolute atomic E-state index is 12.3. The van der Waals surface area contributed by atoms with Crippen LogP contribution < -0.4 is 10.1 Å². The van der Waals surface area contributed by atoms with Crippen LogP contribution in [0.3, 0.4) is 0 Å². The molecule has 4 heteroatoms. The molecule has 24 heavy (non-hydrogen) atoms. The fraction of sp³-hybridized carbons (Fsp3) is 0.350. The van der Waals surface area contributed by atoms with Crippen LogP contribution in [-0.2, 0) is 11.4 Å². The summed E-state index contributed by atoms with van der Waals surface area (Å²) in [7, 11) is 0. The van der Waals surface area contributed by atoms with Gasteiger partial charge in [-0.3, -0.25) is 9.69 Å². The monoisotopic (exact) mass is 324 g/mol. The number of benzene rings is 2. The first kappa shape index (κ1) is 16.5.